The molecule has 17 heavy (non-hydrogen) atoms. The molecule has 2 rings (SSSR count). The van der Waals surface area contributed by atoms with Gasteiger partial charge in [0.2, 0.25) is 5.16 Å². The molecular formula is C10H12ClN5S. The highest BCUT2D eigenvalue weighted by Crippen LogP contribution is 2.25. The number of thioether (sulfide) groups is 1. The third-order valence-electron chi connectivity index (χ3n) is 2.29. The Labute approximate surface area is 108 Å². The van der Waals surface area contributed by atoms with E-state index in [9.17, 15) is 0 Å². The molecule has 5 nitrogen and oxygen atoms in total. The van der Waals surface area contributed by atoms with Crippen molar-refractivity contribution in [3.05, 3.63) is 34.3 Å². The van der Waals surface area contributed by atoms with Crippen LogP contribution in [0.15, 0.2) is 23.4 Å². The summed E-state index contributed by atoms with van der Waals surface area (Å²) in [5.41, 5.74) is 7.63. The fraction of sp³-hybridized carbons (Fsp3) is 0.300. The molecule has 7 heteroatoms. The molecule has 1 heterocycles. The first kappa shape index (κ1) is 12.3. The van der Waals surface area contributed by atoms with Gasteiger partial charge in [-0.05, 0) is 27.6 Å². The Bertz CT molecular complexity index is 513. The van der Waals surface area contributed by atoms with E-state index in [1.165, 1.54) is 0 Å². The summed E-state index contributed by atoms with van der Waals surface area (Å²) in [4.78, 5) is 0. The summed E-state index contributed by atoms with van der Waals surface area (Å²) in [6.45, 7) is 0.500. The second-order valence-electron chi connectivity index (χ2n) is 3.50. The Balaban J connectivity index is 2.07. The number of rotatable bonds is 4. The Morgan fingerprint density at radius 3 is 2.88 bits per heavy atom. The number of halogens is 1. The first-order valence-electron chi connectivity index (χ1n) is 5.03. The molecular weight excluding hydrogens is 258 g/mol. The van der Waals surface area contributed by atoms with E-state index in [0.29, 0.717) is 6.54 Å². The predicted molar refractivity (Wildman–Crippen MR) is 67.7 cm³/mol. The highest BCUT2D eigenvalue weighted by molar-refractivity contribution is 7.98. The second-order valence-corrected chi connectivity index (χ2v) is 4.85. The van der Waals surface area contributed by atoms with Crippen LogP contribution in [0.2, 0.25) is 5.02 Å². The van der Waals surface area contributed by atoms with Gasteiger partial charge in [-0.2, -0.15) is 0 Å². The summed E-state index contributed by atoms with van der Waals surface area (Å²) in [6.07, 6.45) is 0. The molecule has 0 fully saturated rings. The van der Waals surface area contributed by atoms with E-state index in [4.69, 9.17) is 17.3 Å². The molecule has 0 spiro atoms. The predicted octanol–water partition coefficient (Wildman–Crippen LogP) is 1.61. The van der Waals surface area contributed by atoms with E-state index in [0.717, 1.165) is 27.1 Å². The molecule has 0 bridgehead atoms. The number of tetrazole rings is 1. The molecule has 0 unspecified atom stereocenters. The number of benzene rings is 1. The zero-order valence-corrected chi connectivity index (χ0v) is 10.9. The summed E-state index contributed by atoms with van der Waals surface area (Å²) in [6, 6.07) is 5.87. The number of aromatic nitrogens is 4. The standard InChI is InChI=1S/C10H12ClN5S/c1-16-10(13-14-15-16)17-6-8-3-2-7(5-12)4-9(8)11/h2-4H,5-6,12H2,1H3. The summed E-state index contributed by atoms with van der Waals surface area (Å²) < 4.78 is 1.63. The maximum absolute atomic E-state index is 6.16. The van der Waals surface area contributed by atoms with E-state index in [2.05, 4.69) is 15.5 Å². The van der Waals surface area contributed by atoms with Crippen LogP contribution >= 0.6 is 23.4 Å². The van der Waals surface area contributed by atoms with Gasteiger partial charge in [-0.15, -0.1) is 5.10 Å². The highest BCUT2D eigenvalue weighted by atomic mass is 35.5. The lowest BCUT2D eigenvalue weighted by Gasteiger charge is -2.05. The summed E-state index contributed by atoms with van der Waals surface area (Å²) in [5.74, 6) is 0.734. The zero-order chi connectivity index (χ0) is 12.3. The maximum Gasteiger partial charge on any atom is 0.209 e. The average molecular weight is 270 g/mol. The first-order chi connectivity index (χ1) is 8.20. The van der Waals surface area contributed by atoms with Gasteiger partial charge in [0, 0.05) is 24.4 Å². The minimum absolute atomic E-state index is 0.500. The lowest BCUT2D eigenvalue weighted by Crippen LogP contribution is -1.97. The van der Waals surface area contributed by atoms with Crippen LogP contribution in [-0.2, 0) is 19.3 Å². The smallest absolute Gasteiger partial charge is 0.209 e. The molecule has 0 atom stereocenters. The molecule has 1 aromatic carbocycles. The molecule has 0 radical (unpaired) electrons. The van der Waals surface area contributed by atoms with Gasteiger partial charge in [0.25, 0.3) is 0 Å². The third-order valence-corrected chi connectivity index (χ3v) is 3.70. The quantitative estimate of drug-likeness (QED) is 0.854. The fourth-order valence-corrected chi connectivity index (χ4v) is 2.52. The SMILES string of the molecule is Cn1nnnc1SCc1ccc(CN)cc1Cl. The third kappa shape index (κ3) is 2.96. The summed E-state index contributed by atoms with van der Waals surface area (Å²) in [5, 5.41) is 12.7. The Hall–Kier alpha value is -1.11. The number of nitrogens with two attached hydrogens (primary N) is 1. The van der Waals surface area contributed by atoms with E-state index < -0.39 is 0 Å². The van der Waals surface area contributed by atoms with Crippen molar-refractivity contribution in [2.24, 2.45) is 12.8 Å². The van der Waals surface area contributed by atoms with Gasteiger partial charge in [0.05, 0.1) is 0 Å². The van der Waals surface area contributed by atoms with Crippen LogP contribution in [-0.4, -0.2) is 20.2 Å². The van der Waals surface area contributed by atoms with Crippen molar-refractivity contribution in [3.8, 4) is 0 Å². The molecule has 0 amide bonds. The van der Waals surface area contributed by atoms with Gasteiger partial charge in [0.1, 0.15) is 0 Å². The lowest BCUT2D eigenvalue weighted by atomic mass is 10.1. The van der Waals surface area contributed by atoms with Crippen molar-refractivity contribution < 1.29 is 0 Å². The second kappa shape index (κ2) is 5.48. The molecule has 2 aromatic rings. The Kier molecular flexibility index (Phi) is 3.98. The van der Waals surface area contributed by atoms with Crippen molar-refractivity contribution in [1.29, 1.82) is 0 Å². The number of hydrogen-bond donors (Lipinski definition) is 1. The molecule has 0 aliphatic carbocycles. The zero-order valence-electron chi connectivity index (χ0n) is 9.30. The van der Waals surface area contributed by atoms with Crippen molar-refractivity contribution in [2.45, 2.75) is 17.5 Å². The Morgan fingerprint density at radius 2 is 2.29 bits per heavy atom. The summed E-state index contributed by atoms with van der Waals surface area (Å²) in [7, 11) is 1.81. The molecule has 1 aromatic heterocycles. The van der Waals surface area contributed by atoms with Crippen LogP contribution in [0.3, 0.4) is 0 Å². The van der Waals surface area contributed by atoms with Gasteiger partial charge in [-0.25, -0.2) is 4.68 Å². The van der Waals surface area contributed by atoms with Crippen LogP contribution in [0.4, 0.5) is 0 Å². The molecule has 0 saturated heterocycles. The number of aryl methyl sites for hydroxylation is 1. The van der Waals surface area contributed by atoms with Gasteiger partial charge >= 0.3 is 0 Å². The highest BCUT2D eigenvalue weighted by Gasteiger charge is 2.06. The fourth-order valence-electron chi connectivity index (χ4n) is 1.32. The molecule has 0 aliphatic rings. The van der Waals surface area contributed by atoms with Gasteiger partial charge in [0.15, 0.2) is 0 Å². The Morgan fingerprint density at radius 1 is 1.47 bits per heavy atom. The molecule has 0 aliphatic heterocycles. The number of nitrogens with zero attached hydrogens (tertiary/aromatic N) is 4. The van der Waals surface area contributed by atoms with Crippen molar-refractivity contribution in [1.82, 2.24) is 20.2 Å². The minimum atomic E-state index is 0.500. The number of hydrogen-bond acceptors (Lipinski definition) is 5. The summed E-state index contributed by atoms with van der Waals surface area (Å²) >= 11 is 7.71. The van der Waals surface area contributed by atoms with Gasteiger partial charge in [-0.1, -0.05) is 35.5 Å². The van der Waals surface area contributed by atoms with Crippen LogP contribution in [0.25, 0.3) is 0 Å². The molecule has 2 N–H and O–H groups in total. The van der Waals surface area contributed by atoms with Crippen molar-refractivity contribution in [3.63, 3.8) is 0 Å². The van der Waals surface area contributed by atoms with Gasteiger partial charge < -0.3 is 5.73 Å². The van der Waals surface area contributed by atoms with E-state index in [-0.39, 0.29) is 0 Å². The van der Waals surface area contributed by atoms with Crippen LogP contribution < -0.4 is 5.73 Å². The van der Waals surface area contributed by atoms with Crippen molar-refractivity contribution >= 4 is 23.4 Å². The molecule has 90 valence electrons. The largest absolute Gasteiger partial charge is 0.326 e. The van der Waals surface area contributed by atoms with E-state index in [1.54, 1.807) is 16.4 Å². The lowest BCUT2D eigenvalue weighted by molar-refractivity contribution is 0.664. The normalized spacial score (nSPS) is 10.8. The van der Waals surface area contributed by atoms with E-state index >= 15 is 0 Å². The topological polar surface area (TPSA) is 69.6 Å². The minimum Gasteiger partial charge on any atom is -0.326 e. The molecule has 0 saturated carbocycles. The van der Waals surface area contributed by atoms with Crippen LogP contribution in [0.1, 0.15) is 11.1 Å². The first-order valence-corrected chi connectivity index (χ1v) is 6.39. The van der Waals surface area contributed by atoms with Crippen LogP contribution in [0, 0.1) is 0 Å². The van der Waals surface area contributed by atoms with Gasteiger partial charge in [-0.3, -0.25) is 0 Å². The van der Waals surface area contributed by atoms with Crippen molar-refractivity contribution in [2.75, 3.05) is 0 Å². The van der Waals surface area contributed by atoms with Crippen LogP contribution in [0.5, 0.6) is 0 Å². The maximum atomic E-state index is 6.16. The van der Waals surface area contributed by atoms with E-state index in [1.807, 2.05) is 25.2 Å². The monoisotopic (exact) mass is 269 g/mol. The average Bonchev–Trinajstić information content (AvgIpc) is 2.73.